The van der Waals surface area contributed by atoms with E-state index in [1.165, 1.54) is 36.2 Å². The van der Waals surface area contributed by atoms with Gasteiger partial charge in [0, 0.05) is 16.9 Å². The van der Waals surface area contributed by atoms with Gasteiger partial charge in [0.1, 0.15) is 5.75 Å². The van der Waals surface area contributed by atoms with Gasteiger partial charge in [0.05, 0.1) is 25.0 Å². The summed E-state index contributed by atoms with van der Waals surface area (Å²) in [5.74, 6) is 0.571. The molecule has 150 valence electrons. The average Bonchev–Trinajstić information content (AvgIpc) is 2.96. The van der Waals surface area contributed by atoms with Crippen molar-refractivity contribution in [3.8, 4) is 22.7 Å². The first-order valence-corrected chi connectivity index (χ1v) is 10.4. The zero-order valence-electron chi connectivity index (χ0n) is 17.1. The van der Waals surface area contributed by atoms with E-state index in [2.05, 4.69) is 22.8 Å². The second-order valence-corrected chi connectivity index (χ2v) is 7.40. The molecule has 0 bridgehead atoms. The summed E-state index contributed by atoms with van der Waals surface area (Å²) in [4.78, 5) is 12.0. The molecule has 1 aliphatic carbocycles. The highest BCUT2D eigenvalue weighted by Crippen LogP contribution is 2.34. The molecule has 0 saturated heterocycles. The van der Waals surface area contributed by atoms with Crippen LogP contribution in [0.3, 0.4) is 0 Å². The van der Waals surface area contributed by atoms with Gasteiger partial charge < -0.3 is 14.0 Å². The summed E-state index contributed by atoms with van der Waals surface area (Å²) in [5.41, 5.74) is 6.75. The van der Waals surface area contributed by atoms with E-state index in [-0.39, 0.29) is 5.97 Å². The van der Waals surface area contributed by atoms with Crippen LogP contribution in [-0.4, -0.2) is 24.3 Å². The SMILES string of the molecule is CCOC(=O)c1ccc(-n2c(-c3cccc(OC)c3)cc3c2CCCCC3)cc1. The minimum absolute atomic E-state index is 0.279. The van der Waals surface area contributed by atoms with E-state index in [1.807, 2.05) is 43.3 Å². The predicted octanol–water partition coefficient (Wildman–Crippen LogP) is 5.60. The van der Waals surface area contributed by atoms with Crippen molar-refractivity contribution in [1.82, 2.24) is 4.57 Å². The molecule has 1 aromatic heterocycles. The quantitative estimate of drug-likeness (QED) is 0.421. The Hall–Kier alpha value is -3.01. The normalized spacial score (nSPS) is 13.4. The van der Waals surface area contributed by atoms with Crippen LogP contribution in [-0.2, 0) is 17.6 Å². The van der Waals surface area contributed by atoms with Crippen LogP contribution in [0.5, 0.6) is 5.75 Å². The van der Waals surface area contributed by atoms with E-state index < -0.39 is 0 Å². The molecule has 0 fully saturated rings. The smallest absolute Gasteiger partial charge is 0.338 e. The maximum Gasteiger partial charge on any atom is 0.338 e. The molecule has 0 unspecified atom stereocenters. The molecule has 0 spiro atoms. The molecule has 0 radical (unpaired) electrons. The summed E-state index contributed by atoms with van der Waals surface area (Å²) in [6.45, 7) is 2.20. The van der Waals surface area contributed by atoms with Gasteiger partial charge in [0.2, 0.25) is 0 Å². The lowest BCUT2D eigenvalue weighted by Crippen LogP contribution is -2.06. The van der Waals surface area contributed by atoms with Crippen molar-refractivity contribution in [2.45, 2.75) is 39.0 Å². The fourth-order valence-electron chi connectivity index (χ4n) is 4.13. The van der Waals surface area contributed by atoms with Crippen molar-refractivity contribution in [3.63, 3.8) is 0 Å². The Morgan fingerprint density at radius 1 is 1.00 bits per heavy atom. The number of hydrogen-bond donors (Lipinski definition) is 0. The molecule has 0 N–H and O–H groups in total. The number of methoxy groups -OCH3 is 1. The van der Waals surface area contributed by atoms with E-state index >= 15 is 0 Å². The standard InChI is InChI=1S/C25H27NO3/c1-3-29-25(27)18-12-14-21(15-13-18)26-23-11-6-4-5-8-20(23)17-24(26)19-9-7-10-22(16-19)28-2/h7,9-10,12-17H,3-6,8,11H2,1-2H3. The molecule has 2 aromatic carbocycles. The molecule has 0 saturated carbocycles. The van der Waals surface area contributed by atoms with Crippen LogP contribution in [0.15, 0.2) is 54.6 Å². The average molecular weight is 389 g/mol. The first kappa shape index (κ1) is 19.3. The number of fused-ring (bicyclic) bond motifs is 1. The molecule has 4 rings (SSSR count). The third-order valence-corrected chi connectivity index (χ3v) is 5.55. The zero-order valence-corrected chi connectivity index (χ0v) is 17.1. The molecule has 0 amide bonds. The topological polar surface area (TPSA) is 40.5 Å². The highest BCUT2D eigenvalue weighted by Gasteiger charge is 2.20. The van der Waals surface area contributed by atoms with Crippen molar-refractivity contribution in [2.75, 3.05) is 13.7 Å². The second-order valence-electron chi connectivity index (χ2n) is 7.40. The van der Waals surface area contributed by atoms with Crippen molar-refractivity contribution >= 4 is 5.97 Å². The summed E-state index contributed by atoms with van der Waals surface area (Å²) in [6, 6.07) is 18.3. The number of nitrogens with zero attached hydrogens (tertiary/aromatic N) is 1. The molecule has 3 aromatic rings. The van der Waals surface area contributed by atoms with Gasteiger partial charge >= 0.3 is 5.97 Å². The third-order valence-electron chi connectivity index (χ3n) is 5.55. The van der Waals surface area contributed by atoms with Crippen LogP contribution in [0, 0.1) is 0 Å². The van der Waals surface area contributed by atoms with E-state index in [1.54, 1.807) is 7.11 Å². The fourth-order valence-corrected chi connectivity index (χ4v) is 4.13. The molecular formula is C25H27NO3. The number of carbonyl (C=O) groups excluding carboxylic acids is 1. The lowest BCUT2D eigenvalue weighted by molar-refractivity contribution is 0.0526. The Balaban J connectivity index is 1.82. The lowest BCUT2D eigenvalue weighted by atomic mass is 10.1. The van der Waals surface area contributed by atoms with Crippen LogP contribution in [0.25, 0.3) is 16.9 Å². The molecule has 29 heavy (non-hydrogen) atoms. The van der Waals surface area contributed by atoms with Crippen LogP contribution >= 0.6 is 0 Å². The van der Waals surface area contributed by atoms with E-state index in [0.717, 1.165) is 29.8 Å². The Morgan fingerprint density at radius 3 is 2.55 bits per heavy atom. The van der Waals surface area contributed by atoms with E-state index in [9.17, 15) is 4.79 Å². The first-order valence-electron chi connectivity index (χ1n) is 10.4. The molecule has 1 heterocycles. The molecule has 0 atom stereocenters. The fraction of sp³-hybridized carbons (Fsp3) is 0.320. The van der Waals surface area contributed by atoms with Crippen LogP contribution in [0.2, 0.25) is 0 Å². The third kappa shape index (κ3) is 3.93. The maximum absolute atomic E-state index is 12.0. The Morgan fingerprint density at radius 2 is 1.79 bits per heavy atom. The van der Waals surface area contributed by atoms with Gasteiger partial charge in [-0.25, -0.2) is 4.79 Å². The molecule has 1 aliphatic rings. The maximum atomic E-state index is 12.0. The predicted molar refractivity (Wildman–Crippen MR) is 115 cm³/mol. The first-order chi connectivity index (χ1) is 14.2. The summed E-state index contributed by atoms with van der Waals surface area (Å²) in [6.07, 6.45) is 5.88. The lowest BCUT2D eigenvalue weighted by Gasteiger charge is -2.15. The second kappa shape index (κ2) is 8.56. The Labute approximate surface area is 172 Å². The molecular weight excluding hydrogens is 362 g/mol. The summed E-state index contributed by atoms with van der Waals surface area (Å²) >= 11 is 0. The van der Waals surface area contributed by atoms with Gasteiger partial charge in [-0.05, 0) is 80.6 Å². The van der Waals surface area contributed by atoms with Crippen molar-refractivity contribution in [2.24, 2.45) is 0 Å². The number of rotatable bonds is 5. The van der Waals surface area contributed by atoms with Gasteiger partial charge in [-0.2, -0.15) is 0 Å². The van der Waals surface area contributed by atoms with Crippen LogP contribution in [0.4, 0.5) is 0 Å². The minimum Gasteiger partial charge on any atom is -0.497 e. The van der Waals surface area contributed by atoms with E-state index in [4.69, 9.17) is 9.47 Å². The van der Waals surface area contributed by atoms with Crippen molar-refractivity contribution < 1.29 is 14.3 Å². The summed E-state index contributed by atoms with van der Waals surface area (Å²) < 4.78 is 12.9. The van der Waals surface area contributed by atoms with Crippen LogP contribution in [0.1, 0.15) is 47.8 Å². The van der Waals surface area contributed by atoms with Gasteiger partial charge in [-0.1, -0.05) is 18.6 Å². The molecule has 4 heteroatoms. The number of ether oxygens (including phenoxy) is 2. The van der Waals surface area contributed by atoms with Crippen LogP contribution < -0.4 is 4.74 Å². The Kier molecular flexibility index (Phi) is 5.70. The van der Waals surface area contributed by atoms with Gasteiger partial charge in [0.15, 0.2) is 0 Å². The number of hydrogen-bond acceptors (Lipinski definition) is 3. The van der Waals surface area contributed by atoms with Gasteiger partial charge in [0.25, 0.3) is 0 Å². The molecule has 4 nitrogen and oxygen atoms in total. The highest BCUT2D eigenvalue weighted by atomic mass is 16.5. The largest absolute Gasteiger partial charge is 0.497 e. The summed E-state index contributed by atoms with van der Waals surface area (Å²) in [5, 5.41) is 0. The van der Waals surface area contributed by atoms with Gasteiger partial charge in [-0.15, -0.1) is 0 Å². The van der Waals surface area contributed by atoms with Crippen molar-refractivity contribution in [1.29, 1.82) is 0 Å². The number of benzene rings is 2. The number of carbonyl (C=O) groups is 1. The minimum atomic E-state index is -0.279. The zero-order chi connectivity index (χ0) is 20.2. The van der Waals surface area contributed by atoms with E-state index in [0.29, 0.717) is 12.2 Å². The number of aryl methyl sites for hydroxylation is 1. The highest BCUT2D eigenvalue weighted by molar-refractivity contribution is 5.89. The number of aromatic nitrogens is 1. The monoisotopic (exact) mass is 389 g/mol. The molecule has 0 aliphatic heterocycles. The van der Waals surface area contributed by atoms with Crippen molar-refractivity contribution in [3.05, 3.63) is 71.4 Å². The Bertz CT molecular complexity index is 1000. The van der Waals surface area contributed by atoms with Gasteiger partial charge in [-0.3, -0.25) is 0 Å². The number of esters is 1. The summed E-state index contributed by atoms with van der Waals surface area (Å²) in [7, 11) is 1.70.